The average molecular weight is 373 g/mol. The SMILES string of the molecule is CCN(CC)C(=O)C(C)Sc1ncnc2c1cnn2-c1ccc(F)cc1. The average Bonchev–Trinajstić information content (AvgIpc) is 3.08. The Morgan fingerprint density at radius 1 is 1.23 bits per heavy atom. The van der Waals surface area contributed by atoms with Gasteiger partial charge in [0.1, 0.15) is 17.2 Å². The van der Waals surface area contributed by atoms with E-state index in [4.69, 9.17) is 0 Å². The standard InChI is InChI=1S/C18H20FN5OS/c1-4-23(5-2)18(25)12(3)26-17-15-10-22-24(16(15)20-11-21-17)14-8-6-13(19)7-9-14/h6-12H,4-5H2,1-3H3. The van der Waals surface area contributed by atoms with Gasteiger partial charge in [-0.1, -0.05) is 11.8 Å². The van der Waals surface area contributed by atoms with Gasteiger partial charge in [-0.05, 0) is 45.0 Å². The molecule has 26 heavy (non-hydrogen) atoms. The second-order valence-electron chi connectivity index (χ2n) is 5.72. The van der Waals surface area contributed by atoms with Gasteiger partial charge in [-0.2, -0.15) is 5.10 Å². The maximum atomic E-state index is 13.2. The highest BCUT2D eigenvalue weighted by Gasteiger charge is 2.22. The van der Waals surface area contributed by atoms with Crippen molar-refractivity contribution in [2.75, 3.05) is 13.1 Å². The third-order valence-electron chi connectivity index (χ3n) is 4.11. The topological polar surface area (TPSA) is 63.9 Å². The molecule has 6 nitrogen and oxygen atoms in total. The zero-order valence-corrected chi connectivity index (χ0v) is 15.7. The Hall–Kier alpha value is -2.48. The van der Waals surface area contributed by atoms with Crippen molar-refractivity contribution >= 4 is 28.7 Å². The van der Waals surface area contributed by atoms with Crippen LogP contribution in [0.25, 0.3) is 16.7 Å². The lowest BCUT2D eigenvalue weighted by Crippen LogP contribution is -2.36. The Bertz CT molecular complexity index is 908. The van der Waals surface area contributed by atoms with E-state index in [1.54, 1.807) is 27.9 Å². The zero-order chi connectivity index (χ0) is 18.7. The fourth-order valence-corrected chi connectivity index (χ4v) is 3.66. The number of rotatable bonds is 6. The van der Waals surface area contributed by atoms with E-state index in [1.165, 1.54) is 30.2 Å². The van der Waals surface area contributed by atoms with Crippen molar-refractivity contribution in [1.82, 2.24) is 24.6 Å². The summed E-state index contributed by atoms with van der Waals surface area (Å²) in [5.74, 6) is -0.225. The molecule has 0 bridgehead atoms. The molecular weight excluding hydrogens is 353 g/mol. The van der Waals surface area contributed by atoms with Crippen LogP contribution in [0.4, 0.5) is 4.39 Å². The number of hydrogen-bond acceptors (Lipinski definition) is 5. The van der Waals surface area contributed by atoms with Crippen LogP contribution in [-0.2, 0) is 4.79 Å². The van der Waals surface area contributed by atoms with Crippen molar-refractivity contribution in [1.29, 1.82) is 0 Å². The van der Waals surface area contributed by atoms with Crippen molar-refractivity contribution in [3.05, 3.63) is 42.6 Å². The molecule has 0 radical (unpaired) electrons. The highest BCUT2D eigenvalue weighted by Crippen LogP contribution is 2.29. The van der Waals surface area contributed by atoms with Gasteiger partial charge < -0.3 is 4.90 Å². The smallest absolute Gasteiger partial charge is 0.235 e. The van der Waals surface area contributed by atoms with E-state index in [0.29, 0.717) is 29.5 Å². The third-order valence-corrected chi connectivity index (χ3v) is 5.22. The van der Waals surface area contributed by atoms with Crippen LogP contribution in [0.15, 0.2) is 41.8 Å². The summed E-state index contributed by atoms with van der Waals surface area (Å²) in [6.07, 6.45) is 3.14. The van der Waals surface area contributed by atoms with Crippen LogP contribution in [0.5, 0.6) is 0 Å². The first-order chi connectivity index (χ1) is 12.5. The molecule has 0 aliphatic rings. The summed E-state index contributed by atoms with van der Waals surface area (Å²) in [6.45, 7) is 7.18. The van der Waals surface area contributed by atoms with Crippen LogP contribution in [0.1, 0.15) is 20.8 Å². The molecule has 0 saturated heterocycles. The van der Waals surface area contributed by atoms with Gasteiger partial charge in [-0.3, -0.25) is 4.79 Å². The molecule has 0 aliphatic heterocycles. The Kier molecular flexibility index (Phi) is 5.51. The molecule has 2 aromatic heterocycles. The van der Waals surface area contributed by atoms with Gasteiger partial charge >= 0.3 is 0 Å². The second-order valence-corrected chi connectivity index (χ2v) is 7.05. The van der Waals surface area contributed by atoms with Crippen LogP contribution in [0.2, 0.25) is 0 Å². The zero-order valence-electron chi connectivity index (χ0n) is 14.9. The predicted octanol–water partition coefficient (Wildman–Crippen LogP) is 3.30. The van der Waals surface area contributed by atoms with Gasteiger partial charge in [0, 0.05) is 13.1 Å². The van der Waals surface area contributed by atoms with Crippen LogP contribution >= 0.6 is 11.8 Å². The van der Waals surface area contributed by atoms with Crippen molar-refractivity contribution in [3.8, 4) is 5.69 Å². The number of nitrogens with zero attached hydrogens (tertiary/aromatic N) is 5. The number of halogens is 1. The Morgan fingerprint density at radius 2 is 1.92 bits per heavy atom. The van der Waals surface area contributed by atoms with Crippen molar-refractivity contribution in [3.63, 3.8) is 0 Å². The molecule has 2 heterocycles. The van der Waals surface area contributed by atoms with Crippen molar-refractivity contribution < 1.29 is 9.18 Å². The number of carbonyl (C=O) groups is 1. The molecule has 0 spiro atoms. The summed E-state index contributed by atoms with van der Waals surface area (Å²) in [6, 6.07) is 6.04. The van der Waals surface area contributed by atoms with E-state index in [2.05, 4.69) is 15.1 Å². The molecule has 0 saturated carbocycles. The maximum Gasteiger partial charge on any atom is 0.235 e. The van der Waals surface area contributed by atoms with E-state index in [1.807, 2.05) is 20.8 Å². The number of thioether (sulfide) groups is 1. The van der Waals surface area contributed by atoms with Gasteiger partial charge in [-0.15, -0.1) is 0 Å². The molecule has 1 aromatic carbocycles. The normalized spacial score (nSPS) is 12.3. The van der Waals surface area contributed by atoms with Crippen LogP contribution in [0.3, 0.4) is 0 Å². The molecule has 136 valence electrons. The number of aromatic nitrogens is 4. The number of fused-ring (bicyclic) bond motifs is 1. The first-order valence-electron chi connectivity index (χ1n) is 8.45. The molecular formula is C18H20FN5OS. The molecule has 0 aliphatic carbocycles. The number of amides is 1. The van der Waals surface area contributed by atoms with E-state index in [9.17, 15) is 9.18 Å². The van der Waals surface area contributed by atoms with Gasteiger partial charge in [0.05, 0.1) is 22.5 Å². The summed E-state index contributed by atoms with van der Waals surface area (Å²) >= 11 is 1.40. The van der Waals surface area contributed by atoms with Gasteiger partial charge in [0.15, 0.2) is 5.65 Å². The molecule has 1 amide bonds. The van der Waals surface area contributed by atoms with E-state index in [0.717, 1.165) is 5.39 Å². The van der Waals surface area contributed by atoms with Gasteiger partial charge in [-0.25, -0.2) is 19.0 Å². The summed E-state index contributed by atoms with van der Waals surface area (Å²) in [5.41, 5.74) is 1.33. The minimum Gasteiger partial charge on any atom is -0.342 e. The molecule has 0 fully saturated rings. The lowest BCUT2D eigenvalue weighted by molar-refractivity contribution is -0.129. The lowest BCUT2D eigenvalue weighted by Gasteiger charge is -2.22. The Morgan fingerprint density at radius 3 is 2.58 bits per heavy atom. The predicted molar refractivity (Wildman–Crippen MR) is 99.9 cm³/mol. The molecule has 8 heteroatoms. The molecule has 1 atom stereocenters. The second kappa shape index (κ2) is 7.82. The summed E-state index contributed by atoms with van der Waals surface area (Å²) in [4.78, 5) is 22.9. The fourth-order valence-electron chi connectivity index (χ4n) is 2.70. The van der Waals surface area contributed by atoms with Crippen molar-refractivity contribution in [2.24, 2.45) is 0 Å². The highest BCUT2D eigenvalue weighted by atomic mass is 32.2. The van der Waals surface area contributed by atoms with Crippen LogP contribution in [0, 0.1) is 5.82 Å². The monoisotopic (exact) mass is 373 g/mol. The number of benzene rings is 1. The Balaban J connectivity index is 1.91. The quantitative estimate of drug-likeness (QED) is 0.490. The summed E-state index contributed by atoms with van der Waals surface area (Å²) < 4.78 is 14.8. The minimum atomic E-state index is -0.306. The first-order valence-corrected chi connectivity index (χ1v) is 9.33. The largest absolute Gasteiger partial charge is 0.342 e. The van der Waals surface area contributed by atoms with E-state index in [-0.39, 0.29) is 17.0 Å². The number of carbonyl (C=O) groups excluding carboxylic acids is 1. The van der Waals surface area contributed by atoms with Crippen LogP contribution in [-0.4, -0.2) is 48.9 Å². The van der Waals surface area contributed by atoms with Crippen molar-refractivity contribution in [2.45, 2.75) is 31.0 Å². The lowest BCUT2D eigenvalue weighted by atomic mass is 10.3. The number of hydrogen-bond donors (Lipinski definition) is 0. The summed E-state index contributed by atoms with van der Waals surface area (Å²) in [7, 11) is 0. The molecule has 3 aromatic rings. The van der Waals surface area contributed by atoms with E-state index < -0.39 is 0 Å². The maximum absolute atomic E-state index is 13.2. The van der Waals surface area contributed by atoms with Gasteiger partial charge in [0.2, 0.25) is 5.91 Å². The fraction of sp³-hybridized carbons (Fsp3) is 0.333. The summed E-state index contributed by atoms with van der Waals surface area (Å²) in [5, 5.41) is 5.57. The molecule has 3 rings (SSSR count). The Labute approximate surface area is 155 Å². The third kappa shape index (κ3) is 3.55. The van der Waals surface area contributed by atoms with E-state index >= 15 is 0 Å². The molecule has 0 N–H and O–H groups in total. The molecule has 1 unspecified atom stereocenters. The first kappa shape index (κ1) is 18.3. The minimum absolute atomic E-state index is 0.0812. The highest BCUT2D eigenvalue weighted by molar-refractivity contribution is 8.00. The van der Waals surface area contributed by atoms with Gasteiger partial charge in [0.25, 0.3) is 0 Å². The van der Waals surface area contributed by atoms with Crippen LogP contribution < -0.4 is 0 Å².